The molecule has 3 rings (SSSR count). The number of hydrogen-bond acceptors (Lipinski definition) is 2. The van der Waals surface area contributed by atoms with E-state index < -0.39 is 0 Å². The zero-order valence-electron chi connectivity index (χ0n) is 11.6. The number of rotatable bonds is 5. The van der Waals surface area contributed by atoms with E-state index in [-0.39, 0.29) is 0 Å². The lowest BCUT2D eigenvalue weighted by Gasteiger charge is -2.09. The van der Waals surface area contributed by atoms with Gasteiger partial charge in [0.2, 0.25) is 0 Å². The molecule has 1 N–H and O–H groups in total. The van der Waals surface area contributed by atoms with Crippen LogP contribution in [0.25, 0.3) is 0 Å². The Bertz CT molecular complexity index is 436. The molecule has 1 aromatic carbocycles. The molecule has 0 amide bonds. The first-order valence-electron chi connectivity index (χ1n) is 7.01. The number of hydrogen-bond donors (Lipinski definition) is 1. The first-order valence-corrected chi connectivity index (χ1v) is 7.01. The van der Waals surface area contributed by atoms with E-state index >= 15 is 0 Å². The third-order valence-corrected chi connectivity index (χ3v) is 4.73. The predicted molar refractivity (Wildman–Crippen MR) is 74.0 cm³/mol. The van der Waals surface area contributed by atoms with E-state index in [4.69, 9.17) is 4.74 Å². The van der Waals surface area contributed by atoms with Gasteiger partial charge in [0.15, 0.2) is 0 Å². The molecule has 0 bridgehead atoms. The highest BCUT2D eigenvalue weighted by atomic mass is 16.5. The topological polar surface area (TPSA) is 21.3 Å². The average Bonchev–Trinajstić information content (AvgIpc) is 3.24. The van der Waals surface area contributed by atoms with Crippen LogP contribution in [-0.4, -0.2) is 19.7 Å². The van der Waals surface area contributed by atoms with Crippen LogP contribution in [-0.2, 0) is 0 Å². The molecular formula is C16H23NO. The summed E-state index contributed by atoms with van der Waals surface area (Å²) in [5.41, 5.74) is 1.78. The standard InChI is InChI=1S/C16H23NO/c1-16(2)13(10-17-11-8-9-11)15(16)12-6-4-5-7-14(12)18-3/h4-7,11,13,15,17H,8-10H2,1-3H3. The van der Waals surface area contributed by atoms with Crippen LogP contribution in [0.1, 0.15) is 38.2 Å². The van der Waals surface area contributed by atoms with Crippen molar-refractivity contribution in [2.45, 2.75) is 38.6 Å². The number of benzene rings is 1. The van der Waals surface area contributed by atoms with Crippen molar-refractivity contribution in [3.8, 4) is 5.75 Å². The summed E-state index contributed by atoms with van der Waals surface area (Å²) in [4.78, 5) is 0. The summed E-state index contributed by atoms with van der Waals surface area (Å²) in [6, 6.07) is 9.28. The summed E-state index contributed by atoms with van der Waals surface area (Å²) >= 11 is 0. The van der Waals surface area contributed by atoms with Gasteiger partial charge in [0.05, 0.1) is 7.11 Å². The predicted octanol–water partition coefficient (Wildman–Crippen LogP) is 3.19. The monoisotopic (exact) mass is 245 g/mol. The van der Waals surface area contributed by atoms with Crippen LogP contribution < -0.4 is 10.1 Å². The maximum absolute atomic E-state index is 5.51. The Morgan fingerprint density at radius 2 is 2.00 bits per heavy atom. The van der Waals surface area contributed by atoms with Crippen LogP contribution in [0.4, 0.5) is 0 Å². The van der Waals surface area contributed by atoms with Crippen molar-refractivity contribution >= 4 is 0 Å². The molecule has 2 atom stereocenters. The first kappa shape index (κ1) is 12.0. The summed E-state index contributed by atoms with van der Waals surface area (Å²) in [6.45, 7) is 5.91. The smallest absolute Gasteiger partial charge is 0.122 e. The highest BCUT2D eigenvalue weighted by Gasteiger charge is 2.58. The Hall–Kier alpha value is -1.02. The SMILES string of the molecule is COc1ccccc1C1C(CNC2CC2)C1(C)C. The molecule has 1 aromatic rings. The van der Waals surface area contributed by atoms with Gasteiger partial charge in [-0.25, -0.2) is 0 Å². The highest BCUT2D eigenvalue weighted by Crippen LogP contribution is 2.65. The van der Waals surface area contributed by atoms with Crippen molar-refractivity contribution in [1.29, 1.82) is 0 Å². The van der Waals surface area contributed by atoms with Crippen LogP contribution >= 0.6 is 0 Å². The van der Waals surface area contributed by atoms with E-state index in [2.05, 4.69) is 43.4 Å². The normalized spacial score (nSPS) is 29.1. The fourth-order valence-electron chi connectivity index (χ4n) is 3.25. The lowest BCUT2D eigenvalue weighted by molar-refractivity contribution is 0.407. The van der Waals surface area contributed by atoms with Crippen LogP contribution in [0.2, 0.25) is 0 Å². The molecule has 2 aliphatic rings. The zero-order valence-corrected chi connectivity index (χ0v) is 11.6. The minimum Gasteiger partial charge on any atom is -0.496 e. The molecule has 2 fully saturated rings. The fourth-order valence-corrected chi connectivity index (χ4v) is 3.25. The minimum atomic E-state index is 0.399. The molecule has 98 valence electrons. The molecule has 0 radical (unpaired) electrons. The first-order chi connectivity index (χ1) is 8.64. The molecule has 2 heteroatoms. The Balaban J connectivity index is 1.74. The molecule has 2 unspecified atom stereocenters. The molecule has 2 nitrogen and oxygen atoms in total. The van der Waals surface area contributed by atoms with E-state index in [9.17, 15) is 0 Å². The minimum absolute atomic E-state index is 0.399. The Labute approximate surface area is 110 Å². The maximum Gasteiger partial charge on any atom is 0.122 e. The van der Waals surface area contributed by atoms with Crippen molar-refractivity contribution in [2.75, 3.05) is 13.7 Å². The highest BCUT2D eigenvalue weighted by molar-refractivity contribution is 5.42. The van der Waals surface area contributed by atoms with E-state index in [1.54, 1.807) is 7.11 Å². The van der Waals surface area contributed by atoms with Gasteiger partial charge in [0, 0.05) is 6.04 Å². The summed E-state index contributed by atoms with van der Waals surface area (Å²) in [5.74, 6) is 2.43. The van der Waals surface area contributed by atoms with Gasteiger partial charge < -0.3 is 10.1 Å². The van der Waals surface area contributed by atoms with Gasteiger partial charge in [-0.2, -0.15) is 0 Å². The molecule has 0 spiro atoms. The summed E-state index contributed by atoms with van der Waals surface area (Å²) in [7, 11) is 1.77. The van der Waals surface area contributed by atoms with Gasteiger partial charge in [0.25, 0.3) is 0 Å². The summed E-state index contributed by atoms with van der Waals surface area (Å²) in [5, 5.41) is 3.67. The molecule has 2 saturated carbocycles. The number of nitrogens with one attached hydrogen (secondary N) is 1. The van der Waals surface area contributed by atoms with Crippen molar-refractivity contribution in [2.24, 2.45) is 11.3 Å². The Kier molecular flexibility index (Phi) is 2.86. The number of methoxy groups -OCH3 is 1. The van der Waals surface area contributed by atoms with Crippen LogP contribution in [0.15, 0.2) is 24.3 Å². The summed E-state index contributed by atoms with van der Waals surface area (Å²) in [6.07, 6.45) is 2.74. The zero-order chi connectivity index (χ0) is 12.8. The number of ether oxygens (including phenoxy) is 1. The van der Waals surface area contributed by atoms with E-state index in [0.717, 1.165) is 24.3 Å². The van der Waals surface area contributed by atoms with Gasteiger partial charge in [-0.15, -0.1) is 0 Å². The van der Waals surface area contributed by atoms with E-state index in [1.807, 2.05) is 0 Å². The van der Waals surface area contributed by atoms with Gasteiger partial charge in [0.1, 0.15) is 5.75 Å². The van der Waals surface area contributed by atoms with Gasteiger partial charge >= 0.3 is 0 Å². The van der Waals surface area contributed by atoms with Crippen molar-refractivity contribution in [3.63, 3.8) is 0 Å². The number of para-hydroxylation sites is 1. The second kappa shape index (κ2) is 4.27. The quantitative estimate of drug-likeness (QED) is 0.860. The Morgan fingerprint density at radius 3 is 2.67 bits per heavy atom. The van der Waals surface area contributed by atoms with Crippen LogP contribution in [0, 0.1) is 11.3 Å². The molecule has 0 heterocycles. The van der Waals surface area contributed by atoms with E-state index in [1.165, 1.54) is 18.4 Å². The van der Waals surface area contributed by atoms with Crippen molar-refractivity contribution in [3.05, 3.63) is 29.8 Å². The fraction of sp³-hybridized carbons (Fsp3) is 0.625. The van der Waals surface area contributed by atoms with Crippen molar-refractivity contribution < 1.29 is 4.74 Å². The van der Waals surface area contributed by atoms with Crippen molar-refractivity contribution in [1.82, 2.24) is 5.32 Å². The molecule has 0 aromatic heterocycles. The van der Waals surface area contributed by atoms with Gasteiger partial charge in [-0.1, -0.05) is 32.0 Å². The van der Waals surface area contributed by atoms with Gasteiger partial charge in [-0.05, 0) is 48.3 Å². The Morgan fingerprint density at radius 1 is 1.28 bits per heavy atom. The average molecular weight is 245 g/mol. The molecule has 0 aliphatic heterocycles. The van der Waals surface area contributed by atoms with Crippen LogP contribution in [0.5, 0.6) is 5.75 Å². The maximum atomic E-state index is 5.51. The van der Waals surface area contributed by atoms with Crippen LogP contribution in [0.3, 0.4) is 0 Å². The molecule has 18 heavy (non-hydrogen) atoms. The van der Waals surface area contributed by atoms with E-state index in [0.29, 0.717) is 11.3 Å². The van der Waals surface area contributed by atoms with Gasteiger partial charge in [-0.3, -0.25) is 0 Å². The second-order valence-electron chi connectivity index (χ2n) is 6.33. The third kappa shape index (κ3) is 2.03. The second-order valence-corrected chi connectivity index (χ2v) is 6.33. The lowest BCUT2D eigenvalue weighted by atomic mass is 10.0. The molecule has 2 aliphatic carbocycles. The largest absolute Gasteiger partial charge is 0.496 e. The lowest BCUT2D eigenvalue weighted by Crippen LogP contribution is -2.20. The third-order valence-electron chi connectivity index (χ3n) is 4.73. The molecule has 0 saturated heterocycles. The molecular weight excluding hydrogens is 222 g/mol. The summed E-state index contributed by atoms with van der Waals surface area (Å²) < 4.78 is 5.51.